The van der Waals surface area contributed by atoms with Crippen molar-refractivity contribution in [3.63, 3.8) is 0 Å². The Morgan fingerprint density at radius 1 is 1.03 bits per heavy atom. The van der Waals surface area contributed by atoms with Crippen molar-refractivity contribution in [3.8, 4) is 11.1 Å². The van der Waals surface area contributed by atoms with E-state index < -0.39 is 54.9 Å². The molecule has 0 amide bonds. The molecule has 162 valence electrons. The summed E-state index contributed by atoms with van der Waals surface area (Å²) >= 11 is 0. The minimum atomic E-state index is -1.61. The Hall–Kier alpha value is -2.20. The Balaban J connectivity index is 1.91. The van der Waals surface area contributed by atoms with E-state index in [1.807, 2.05) is 0 Å². The van der Waals surface area contributed by atoms with Crippen molar-refractivity contribution in [2.24, 2.45) is 0 Å². The fraction of sp³-hybridized carbons (Fsp3) is 0.364. The average molecular weight is 422 g/mol. The van der Waals surface area contributed by atoms with Crippen LogP contribution in [0.2, 0.25) is 0 Å². The second-order valence-electron chi connectivity index (χ2n) is 7.37. The van der Waals surface area contributed by atoms with Crippen molar-refractivity contribution < 1.29 is 39.1 Å². The topological polar surface area (TPSA) is 110 Å². The number of aliphatic hydroxyl groups excluding tert-OH is 5. The van der Waals surface area contributed by atoms with E-state index in [0.29, 0.717) is 22.3 Å². The minimum absolute atomic E-state index is 0.217. The van der Waals surface area contributed by atoms with E-state index in [9.17, 15) is 34.3 Å². The van der Waals surface area contributed by atoms with Crippen molar-refractivity contribution in [3.05, 3.63) is 65.2 Å². The third-order valence-corrected chi connectivity index (χ3v) is 5.45. The SMILES string of the molecule is C=Cc1c(F)cc(-c2ccc(C(O)[C@H]3O[C@H](CO)[C@@H](O)[C@H](O)[C@@H]3O)c(C)c2)cc1F. The van der Waals surface area contributed by atoms with Gasteiger partial charge in [0.2, 0.25) is 0 Å². The molecule has 1 fully saturated rings. The molecule has 0 spiro atoms. The standard InChI is InChI=1S/C22H24F2O6/c1-3-13-15(23)7-12(8-16(13)24)11-4-5-14(10(2)6-11)18(26)22-21(29)20(28)19(27)17(9-25)30-22/h3-8,17-22,25-29H,1,9H2,2H3/t17-,18?,19-,20+,21+,22-/m1/s1. The van der Waals surface area contributed by atoms with Crippen molar-refractivity contribution >= 4 is 6.08 Å². The molecule has 8 heteroatoms. The number of ether oxygens (including phenoxy) is 1. The zero-order chi connectivity index (χ0) is 22.2. The van der Waals surface area contributed by atoms with Gasteiger partial charge < -0.3 is 30.3 Å². The molecule has 2 aromatic carbocycles. The maximum Gasteiger partial charge on any atom is 0.133 e. The molecule has 2 aromatic rings. The van der Waals surface area contributed by atoms with Gasteiger partial charge in [-0.05, 0) is 41.3 Å². The molecule has 1 unspecified atom stereocenters. The molecule has 0 aromatic heterocycles. The third kappa shape index (κ3) is 4.02. The van der Waals surface area contributed by atoms with Gasteiger partial charge >= 0.3 is 0 Å². The highest BCUT2D eigenvalue weighted by atomic mass is 19.1. The Bertz CT molecular complexity index is 909. The summed E-state index contributed by atoms with van der Waals surface area (Å²) in [6.45, 7) is 4.44. The van der Waals surface area contributed by atoms with Crippen LogP contribution in [-0.4, -0.2) is 62.7 Å². The van der Waals surface area contributed by atoms with Crippen LogP contribution in [0.25, 0.3) is 17.2 Å². The van der Waals surface area contributed by atoms with Crippen LogP contribution >= 0.6 is 0 Å². The molecule has 1 heterocycles. The first kappa shape index (κ1) is 22.5. The minimum Gasteiger partial charge on any atom is -0.394 e. The largest absolute Gasteiger partial charge is 0.394 e. The smallest absolute Gasteiger partial charge is 0.133 e. The average Bonchev–Trinajstić information content (AvgIpc) is 2.71. The van der Waals surface area contributed by atoms with Gasteiger partial charge in [-0.25, -0.2) is 8.78 Å². The van der Waals surface area contributed by atoms with Crippen LogP contribution in [0.15, 0.2) is 36.9 Å². The highest BCUT2D eigenvalue weighted by Crippen LogP contribution is 2.34. The maximum atomic E-state index is 14.1. The molecule has 1 aliphatic heterocycles. The number of halogens is 2. The van der Waals surface area contributed by atoms with Crippen LogP contribution in [0.3, 0.4) is 0 Å². The summed E-state index contributed by atoms with van der Waals surface area (Å²) in [5, 5.41) is 50.1. The van der Waals surface area contributed by atoms with Gasteiger partial charge in [-0.3, -0.25) is 0 Å². The quantitative estimate of drug-likeness (QED) is 0.499. The second-order valence-corrected chi connectivity index (χ2v) is 7.37. The van der Waals surface area contributed by atoms with E-state index in [1.165, 1.54) is 18.2 Å². The monoisotopic (exact) mass is 422 g/mol. The first-order valence-corrected chi connectivity index (χ1v) is 9.40. The molecule has 1 saturated heterocycles. The van der Waals surface area contributed by atoms with Gasteiger partial charge in [0.1, 0.15) is 48.3 Å². The fourth-order valence-corrected chi connectivity index (χ4v) is 3.70. The van der Waals surface area contributed by atoms with Crippen LogP contribution in [0, 0.1) is 18.6 Å². The van der Waals surface area contributed by atoms with Gasteiger partial charge in [-0.1, -0.05) is 30.9 Å². The lowest BCUT2D eigenvalue weighted by molar-refractivity contribution is -0.250. The molecule has 0 aliphatic carbocycles. The van der Waals surface area contributed by atoms with Gasteiger partial charge in [0.05, 0.1) is 6.61 Å². The summed E-state index contributed by atoms with van der Waals surface area (Å²) < 4.78 is 33.5. The van der Waals surface area contributed by atoms with E-state index in [0.717, 1.165) is 6.08 Å². The highest BCUT2D eigenvalue weighted by Gasteiger charge is 2.46. The number of rotatable bonds is 5. The fourth-order valence-electron chi connectivity index (χ4n) is 3.70. The van der Waals surface area contributed by atoms with Crippen LogP contribution in [0.1, 0.15) is 22.8 Å². The molecule has 3 rings (SSSR count). The first-order valence-electron chi connectivity index (χ1n) is 9.40. The Morgan fingerprint density at radius 2 is 1.67 bits per heavy atom. The lowest BCUT2D eigenvalue weighted by Crippen LogP contribution is -2.59. The zero-order valence-corrected chi connectivity index (χ0v) is 16.2. The molecule has 6 nitrogen and oxygen atoms in total. The third-order valence-electron chi connectivity index (χ3n) is 5.45. The maximum absolute atomic E-state index is 14.1. The van der Waals surface area contributed by atoms with Gasteiger partial charge in [-0.15, -0.1) is 0 Å². The van der Waals surface area contributed by atoms with Crippen LogP contribution in [0.5, 0.6) is 0 Å². The molecule has 0 radical (unpaired) electrons. The Kier molecular flexibility index (Phi) is 6.66. The number of hydrogen-bond donors (Lipinski definition) is 5. The predicted molar refractivity (Wildman–Crippen MR) is 105 cm³/mol. The molecule has 6 atom stereocenters. The van der Waals surface area contributed by atoms with Crippen LogP contribution < -0.4 is 0 Å². The second kappa shape index (κ2) is 8.89. The molecule has 0 bridgehead atoms. The normalized spacial score (nSPS) is 27.7. The summed E-state index contributed by atoms with van der Waals surface area (Å²) in [5.74, 6) is -1.49. The van der Waals surface area contributed by atoms with E-state index in [2.05, 4.69) is 6.58 Å². The molecule has 1 aliphatic rings. The Labute approximate surface area is 172 Å². The summed E-state index contributed by atoms with van der Waals surface area (Å²) in [6, 6.07) is 7.06. The summed E-state index contributed by atoms with van der Waals surface area (Å²) in [6.07, 6.45) is -7.46. The molecule has 0 saturated carbocycles. The predicted octanol–water partition coefficient (Wildman–Crippen LogP) is 1.46. The molecular formula is C22H24F2O6. The van der Waals surface area contributed by atoms with E-state index in [-0.39, 0.29) is 5.56 Å². The lowest BCUT2D eigenvalue weighted by Gasteiger charge is -2.42. The number of hydrogen-bond acceptors (Lipinski definition) is 6. The van der Waals surface area contributed by atoms with Gasteiger partial charge in [0, 0.05) is 5.56 Å². The Morgan fingerprint density at radius 3 is 2.20 bits per heavy atom. The van der Waals surface area contributed by atoms with Gasteiger partial charge in [0.25, 0.3) is 0 Å². The molecular weight excluding hydrogens is 398 g/mol. The van der Waals surface area contributed by atoms with Crippen molar-refractivity contribution in [1.29, 1.82) is 0 Å². The number of aliphatic hydroxyl groups is 5. The van der Waals surface area contributed by atoms with Gasteiger partial charge in [-0.2, -0.15) is 0 Å². The first-order chi connectivity index (χ1) is 14.2. The van der Waals surface area contributed by atoms with Crippen molar-refractivity contribution in [2.75, 3.05) is 6.61 Å². The zero-order valence-electron chi connectivity index (χ0n) is 16.2. The van der Waals surface area contributed by atoms with E-state index >= 15 is 0 Å². The lowest BCUT2D eigenvalue weighted by atomic mass is 9.87. The van der Waals surface area contributed by atoms with Gasteiger partial charge in [0.15, 0.2) is 0 Å². The number of benzene rings is 2. The molecule has 5 N–H and O–H groups in total. The van der Waals surface area contributed by atoms with Crippen molar-refractivity contribution in [2.45, 2.75) is 43.5 Å². The van der Waals surface area contributed by atoms with E-state index in [1.54, 1.807) is 19.1 Å². The summed E-state index contributed by atoms with van der Waals surface area (Å²) in [5.41, 5.74) is 1.49. The summed E-state index contributed by atoms with van der Waals surface area (Å²) in [4.78, 5) is 0. The van der Waals surface area contributed by atoms with E-state index in [4.69, 9.17) is 4.74 Å². The van der Waals surface area contributed by atoms with Crippen LogP contribution in [-0.2, 0) is 4.74 Å². The highest BCUT2D eigenvalue weighted by molar-refractivity contribution is 5.67. The van der Waals surface area contributed by atoms with Crippen LogP contribution in [0.4, 0.5) is 8.78 Å². The summed E-state index contributed by atoms with van der Waals surface area (Å²) in [7, 11) is 0. The van der Waals surface area contributed by atoms with Crippen molar-refractivity contribution in [1.82, 2.24) is 0 Å². The molecule has 30 heavy (non-hydrogen) atoms. The number of aryl methyl sites for hydroxylation is 1.